The monoisotopic (exact) mass is 264 g/mol. The third kappa shape index (κ3) is 4.37. The molecule has 0 unspecified atom stereocenters. The molecule has 0 bridgehead atoms. The van der Waals surface area contributed by atoms with E-state index in [0.717, 1.165) is 5.06 Å². The predicted molar refractivity (Wildman–Crippen MR) is 72.8 cm³/mol. The molecule has 0 saturated carbocycles. The van der Waals surface area contributed by atoms with Gasteiger partial charge in [0.1, 0.15) is 0 Å². The van der Waals surface area contributed by atoms with Crippen LogP contribution in [0.4, 0.5) is 0 Å². The minimum atomic E-state index is -0.290. The van der Waals surface area contributed by atoms with E-state index in [0.29, 0.717) is 11.1 Å². The molecule has 1 rings (SSSR count). The van der Waals surface area contributed by atoms with Crippen LogP contribution in [-0.2, 0) is 4.84 Å². The molecule has 1 N–H and O–H groups in total. The Balaban J connectivity index is 2.82. The molecule has 104 valence electrons. The maximum absolute atomic E-state index is 11.9. The van der Waals surface area contributed by atoms with Crippen molar-refractivity contribution < 1.29 is 14.4 Å². The second kappa shape index (κ2) is 5.84. The smallest absolute Gasteiger partial charge is 0.277 e. The Labute approximate surface area is 113 Å². The van der Waals surface area contributed by atoms with Crippen molar-refractivity contribution in [3.8, 4) is 0 Å². The van der Waals surface area contributed by atoms with E-state index in [4.69, 9.17) is 4.84 Å². The molecule has 0 fully saturated rings. The first kappa shape index (κ1) is 15.2. The molecule has 19 heavy (non-hydrogen) atoms. The van der Waals surface area contributed by atoms with E-state index in [2.05, 4.69) is 5.32 Å². The van der Waals surface area contributed by atoms with E-state index in [1.807, 2.05) is 20.8 Å². The van der Waals surface area contributed by atoms with Crippen LogP contribution in [0.2, 0.25) is 0 Å². The largest absolute Gasteiger partial charge is 0.347 e. The molecule has 0 radical (unpaired) electrons. The van der Waals surface area contributed by atoms with Gasteiger partial charge in [-0.25, -0.2) is 5.06 Å². The van der Waals surface area contributed by atoms with Crippen molar-refractivity contribution in [1.29, 1.82) is 0 Å². The summed E-state index contributed by atoms with van der Waals surface area (Å²) < 4.78 is 0. The zero-order valence-corrected chi connectivity index (χ0v) is 12.0. The Morgan fingerprint density at radius 3 is 2.00 bits per heavy atom. The van der Waals surface area contributed by atoms with Crippen molar-refractivity contribution in [2.24, 2.45) is 0 Å². The van der Waals surface area contributed by atoms with Gasteiger partial charge < -0.3 is 5.32 Å². The number of nitrogens with one attached hydrogen (secondary N) is 1. The van der Waals surface area contributed by atoms with E-state index in [1.165, 1.54) is 14.2 Å². The van der Waals surface area contributed by atoms with Crippen molar-refractivity contribution in [2.75, 3.05) is 14.2 Å². The third-order valence-corrected chi connectivity index (χ3v) is 2.44. The average Bonchev–Trinajstić information content (AvgIpc) is 2.35. The van der Waals surface area contributed by atoms with E-state index in [1.54, 1.807) is 24.3 Å². The van der Waals surface area contributed by atoms with Gasteiger partial charge in [0.25, 0.3) is 11.8 Å². The standard InChI is InChI=1S/C14H20N2O3/c1-14(2,3)15-12(17)10-6-8-11(9-7-10)13(18)16(4)19-5/h6-9H,1-5H3,(H,15,17). The molecule has 2 amide bonds. The molecule has 5 heteroatoms. The predicted octanol–water partition coefficient (Wildman–Crippen LogP) is 1.85. The van der Waals surface area contributed by atoms with Crippen molar-refractivity contribution >= 4 is 11.8 Å². The molecule has 0 aromatic heterocycles. The average molecular weight is 264 g/mol. The fraction of sp³-hybridized carbons (Fsp3) is 0.429. The molecule has 0 spiro atoms. The van der Waals surface area contributed by atoms with Gasteiger partial charge in [0.2, 0.25) is 0 Å². The van der Waals surface area contributed by atoms with Gasteiger partial charge in [-0.15, -0.1) is 0 Å². The van der Waals surface area contributed by atoms with Crippen LogP contribution >= 0.6 is 0 Å². The van der Waals surface area contributed by atoms with Gasteiger partial charge in [-0.2, -0.15) is 0 Å². The van der Waals surface area contributed by atoms with Crippen LogP contribution in [0.25, 0.3) is 0 Å². The quantitative estimate of drug-likeness (QED) is 0.848. The highest BCUT2D eigenvalue weighted by molar-refractivity contribution is 5.97. The van der Waals surface area contributed by atoms with Crippen molar-refractivity contribution in [1.82, 2.24) is 10.4 Å². The molecule has 0 saturated heterocycles. The number of carbonyl (C=O) groups is 2. The van der Waals surface area contributed by atoms with Crippen molar-refractivity contribution in [2.45, 2.75) is 26.3 Å². The fourth-order valence-corrected chi connectivity index (χ4v) is 1.44. The van der Waals surface area contributed by atoms with Crippen LogP contribution in [-0.4, -0.2) is 36.6 Å². The fourth-order valence-electron chi connectivity index (χ4n) is 1.44. The Morgan fingerprint density at radius 1 is 1.11 bits per heavy atom. The Bertz CT molecular complexity index is 461. The molecule has 1 aromatic carbocycles. The highest BCUT2D eigenvalue weighted by Gasteiger charge is 2.16. The third-order valence-electron chi connectivity index (χ3n) is 2.44. The zero-order chi connectivity index (χ0) is 14.6. The van der Waals surface area contributed by atoms with E-state index in [-0.39, 0.29) is 17.4 Å². The number of benzene rings is 1. The van der Waals surface area contributed by atoms with Gasteiger partial charge in [0.15, 0.2) is 0 Å². The summed E-state index contributed by atoms with van der Waals surface area (Å²) in [6.07, 6.45) is 0. The lowest BCUT2D eigenvalue weighted by molar-refractivity contribution is -0.0757. The van der Waals surface area contributed by atoms with Crippen LogP contribution in [0.1, 0.15) is 41.5 Å². The topological polar surface area (TPSA) is 58.6 Å². The summed E-state index contributed by atoms with van der Waals surface area (Å²) in [5.74, 6) is -0.420. The summed E-state index contributed by atoms with van der Waals surface area (Å²) in [6, 6.07) is 6.46. The summed E-state index contributed by atoms with van der Waals surface area (Å²) >= 11 is 0. The molecule has 1 aromatic rings. The summed E-state index contributed by atoms with van der Waals surface area (Å²) in [7, 11) is 2.95. The van der Waals surface area contributed by atoms with Crippen LogP contribution < -0.4 is 5.32 Å². The highest BCUT2D eigenvalue weighted by Crippen LogP contribution is 2.09. The first-order valence-electron chi connectivity index (χ1n) is 5.99. The van der Waals surface area contributed by atoms with E-state index >= 15 is 0 Å². The van der Waals surface area contributed by atoms with Crippen LogP contribution in [0.5, 0.6) is 0 Å². The van der Waals surface area contributed by atoms with Crippen molar-refractivity contribution in [3.63, 3.8) is 0 Å². The van der Waals surface area contributed by atoms with Gasteiger partial charge in [-0.1, -0.05) is 0 Å². The molecule has 5 nitrogen and oxygen atoms in total. The number of amides is 2. The maximum Gasteiger partial charge on any atom is 0.277 e. The van der Waals surface area contributed by atoms with Gasteiger partial charge in [-0.3, -0.25) is 14.4 Å². The maximum atomic E-state index is 11.9. The van der Waals surface area contributed by atoms with E-state index < -0.39 is 0 Å². The minimum Gasteiger partial charge on any atom is -0.347 e. The molecule has 0 aliphatic carbocycles. The minimum absolute atomic E-state index is 0.161. The first-order valence-corrected chi connectivity index (χ1v) is 5.99. The highest BCUT2D eigenvalue weighted by atomic mass is 16.7. The summed E-state index contributed by atoms with van der Waals surface area (Å²) in [6.45, 7) is 5.74. The second-order valence-corrected chi connectivity index (χ2v) is 5.27. The van der Waals surface area contributed by atoms with Gasteiger partial charge in [0.05, 0.1) is 7.11 Å². The lowest BCUT2D eigenvalue weighted by Gasteiger charge is -2.20. The lowest BCUT2D eigenvalue weighted by Crippen LogP contribution is -2.40. The Hall–Kier alpha value is -1.88. The molecule has 0 atom stereocenters. The normalized spacial score (nSPS) is 11.0. The lowest BCUT2D eigenvalue weighted by atomic mass is 10.1. The summed E-state index contributed by atoms with van der Waals surface area (Å²) in [5, 5.41) is 3.99. The number of hydroxylamine groups is 2. The number of hydrogen-bond acceptors (Lipinski definition) is 3. The van der Waals surface area contributed by atoms with Gasteiger partial charge in [-0.05, 0) is 45.0 Å². The number of hydrogen-bond donors (Lipinski definition) is 1. The Morgan fingerprint density at radius 2 is 1.58 bits per heavy atom. The summed E-state index contributed by atoms with van der Waals surface area (Å²) in [5.41, 5.74) is 0.699. The Kier molecular flexibility index (Phi) is 4.67. The van der Waals surface area contributed by atoms with Gasteiger partial charge in [0, 0.05) is 23.7 Å². The van der Waals surface area contributed by atoms with Crippen molar-refractivity contribution in [3.05, 3.63) is 35.4 Å². The molecule has 0 aliphatic rings. The van der Waals surface area contributed by atoms with Crippen LogP contribution in [0.15, 0.2) is 24.3 Å². The van der Waals surface area contributed by atoms with E-state index in [9.17, 15) is 9.59 Å². The SMILES string of the molecule is CON(C)C(=O)c1ccc(C(=O)NC(C)(C)C)cc1. The first-order chi connectivity index (χ1) is 8.74. The second-order valence-electron chi connectivity index (χ2n) is 5.27. The number of carbonyl (C=O) groups excluding carboxylic acids is 2. The number of nitrogens with zero attached hydrogens (tertiary/aromatic N) is 1. The van der Waals surface area contributed by atoms with Gasteiger partial charge >= 0.3 is 0 Å². The molecular weight excluding hydrogens is 244 g/mol. The molecule has 0 aliphatic heterocycles. The van der Waals surface area contributed by atoms with Crippen LogP contribution in [0.3, 0.4) is 0 Å². The zero-order valence-electron chi connectivity index (χ0n) is 12.0. The molecular formula is C14H20N2O3. The number of rotatable bonds is 3. The van der Waals surface area contributed by atoms with Crippen LogP contribution in [0, 0.1) is 0 Å². The molecule has 0 heterocycles. The summed E-state index contributed by atoms with van der Waals surface area (Å²) in [4.78, 5) is 28.5.